The zero-order chi connectivity index (χ0) is 14.2. The van der Waals surface area contributed by atoms with Gasteiger partial charge in [-0.3, -0.25) is 0 Å². The Bertz CT molecular complexity index is 714. The second kappa shape index (κ2) is 4.90. The largest absolute Gasteiger partial charge is 0.453 e. The Labute approximate surface area is 122 Å². The van der Waals surface area contributed by atoms with E-state index in [2.05, 4.69) is 11.0 Å². The van der Waals surface area contributed by atoms with E-state index >= 15 is 0 Å². The molecule has 0 unspecified atom stereocenters. The Morgan fingerprint density at radius 1 is 1.05 bits per heavy atom. The molecule has 0 saturated heterocycles. The molecule has 0 fully saturated rings. The lowest BCUT2D eigenvalue weighted by molar-refractivity contribution is 0.146. The maximum atomic E-state index is 13.5. The van der Waals surface area contributed by atoms with Crippen LogP contribution in [-0.2, 0) is 4.74 Å². The van der Waals surface area contributed by atoms with Crippen LogP contribution in [0, 0.1) is 5.82 Å². The lowest BCUT2D eigenvalue weighted by atomic mass is 10.1. The van der Waals surface area contributed by atoms with E-state index < -0.39 is 0 Å². The second-order valence-electron chi connectivity index (χ2n) is 5.08. The van der Waals surface area contributed by atoms with E-state index in [9.17, 15) is 4.39 Å². The number of rotatable bonds is 1. The van der Waals surface area contributed by atoms with Gasteiger partial charge in [0.05, 0.1) is 30.6 Å². The van der Waals surface area contributed by atoms with Crippen molar-refractivity contribution in [2.45, 2.75) is 6.04 Å². The third kappa shape index (κ3) is 2.08. The van der Waals surface area contributed by atoms with E-state index in [4.69, 9.17) is 9.47 Å². The van der Waals surface area contributed by atoms with Crippen LogP contribution in [0.1, 0.15) is 0 Å². The Balaban J connectivity index is 1.88. The zero-order valence-electron chi connectivity index (χ0n) is 11.3. The molecule has 0 spiro atoms. The minimum absolute atomic E-state index is 0.0769. The highest BCUT2D eigenvalue weighted by Gasteiger charge is 2.29. The van der Waals surface area contributed by atoms with E-state index in [0.717, 1.165) is 17.1 Å². The first-order valence-electron chi connectivity index (χ1n) is 6.93. The number of halogens is 1. The number of fused-ring (bicyclic) bond motifs is 2. The predicted octanol–water partition coefficient (Wildman–Crippen LogP) is 4.02. The summed E-state index contributed by atoms with van der Waals surface area (Å²) in [5, 5.41) is 0. The summed E-state index contributed by atoms with van der Waals surface area (Å²) in [6, 6.07) is 12.5. The molecule has 2 aliphatic heterocycles. The highest BCUT2D eigenvalue weighted by molar-refractivity contribution is 5.79. The van der Waals surface area contributed by atoms with Crippen molar-refractivity contribution >= 4 is 11.4 Å². The minimum atomic E-state index is -0.302. The Morgan fingerprint density at radius 2 is 1.90 bits per heavy atom. The number of hydrogen-bond acceptors (Lipinski definition) is 3. The third-order valence-electron chi connectivity index (χ3n) is 3.72. The molecule has 3 nitrogen and oxygen atoms in total. The van der Waals surface area contributed by atoms with Gasteiger partial charge in [-0.05, 0) is 24.3 Å². The first kappa shape index (κ1) is 12.4. The van der Waals surface area contributed by atoms with Crippen molar-refractivity contribution in [3.63, 3.8) is 0 Å². The molecule has 2 aromatic rings. The van der Waals surface area contributed by atoms with Crippen LogP contribution in [0.2, 0.25) is 0 Å². The molecule has 2 aromatic carbocycles. The summed E-state index contributed by atoms with van der Waals surface area (Å²) in [5.74, 6) is 0.964. The number of hydrogen-bond donors (Lipinski definition) is 0. The lowest BCUT2D eigenvalue weighted by Gasteiger charge is -2.38. The van der Waals surface area contributed by atoms with Crippen molar-refractivity contribution in [2.75, 3.05) is 18.1 Å². The van der Waals surface area contributed by atoms with Gasteiger partial charge < -0.3 is 14.4 Å². The molecule has 0 bridgehead atoms. The molecule has 0 radical (unpaired) electrons. The summed E-state index contributed by atoms with van der Waals surface area (Å²) in [4.78, 5) is 2.14. The lowest BCUT2D eigenvalue weighted by Crippen LogP contribution is -2.37. The summed E-state index contributed by atoms with van der Waals surface area (Å²) in [6.07, 6.45) is 4.13. The van der Waals surface area contributed by atoms with Crippen LogP contribution in [0.15, 0.2) is 54.6 Å². The van der Waals surface area contributed by atoms with Crippen LogP contribution in [0.3, 0.4) is 0 Å². The predicted molar refractivity (Wildman–Crippen MR) is 78.8 cm³/mol. The molecule has 2 aliphatic rings. The van der Waals surface area contributed by atoms with E-state index in [1.165, 1.54) is 12.1 Å². The van der Waals surface area contributed by atoms with Gasteiger partial charge in [0.2, 0.25) is 0 Å². The van der Waals surface area contributed by atoms with Crippen LogP contribution in [-0.4, -0.2) is 19.3 Å². The average Bonchev–Trinajstić information content (AvgIpc) is 2.53. The zero-order valence-corrected chi connectivity index (χ0v) is 11.3. The van der Waals surface area contributed by atoms with Crippen molar-refractivity contribution in [1.29, 1.82) is 0 Å². The number of ether oxygens (including phenoxy) is 2. The monoisotopic (exact) mass is 283 g/mol. The van der Waals surface area contributed by atoms with Gasteiger partial charge in [-0.1, -0.05) is 24.3 Å². The standard InChI is InChI=1S/C17H14FNO2/c18-12-7-8-15-17(10-12)21-16-6-2-1-5-14(16)19(15)13-4-3-9-20-11-13/h1-8,10,13H,9,11H2/t13-/m1/s1. The van der Waals surface area contributed by atoms with Crippen molar-refractivity contribution in [3.8, 4) is 11.5 Å². The van der Waals surface area contributed by atoms with Crippen LogP contribution >= 0.6 is 0 Å². The van der Waals surface area contributed by atoms with Crippen LogP contribution in [0.25, 0.3) is 0 Å². The fourth-order valence-corrected chi connectivity index (χ4v) is 2.80. The number of nitrogens with zero attached hydrogens (tertiary/aromatic N) is 1. The first-order valence-corrected chi connectivity index (χ1v) is 6.93. The highest BCUT2D eigenvalue weighted by Crippen LogP contribution is 2.47. The summed E-state index contributed by atoms with van der Waals surface area (Å²) >= 11 is 0. The molecule has 2 heterocycles. The minimum Gasteiger partial charge on any atom is -0.453 e. The molecule has 0 aromatic heterocycles. The van der Waals surface area contributed by atoms with Gasteiger partial charge >= 0.3 is 0 Å². The number of para-hydroxylation sites is 2. The summed E-state index contributed by atoms with van der Waals surface area (Å²) in [6.45, 7) is 1.24. The second-order valence-corrected chi connectivity index (χ2v) is 5.08. The normalized spacial score (nSPS) is 19.7. The van der Waals surface area contributed by atoms with Gasteiger partial charge in [0, 0.05) is 6.07 Å². The maximum absolute atomic E-state index is 13.5. The van der Waals surface area contributed by atoms with Gasteiger partial charge in [0.25, 0.3) is 0 Å². The molecule has 0 amide bonds. The number of anilines is 2. The average molecular weight is 283 g/mol. The third-order valence-corrected chi connectivity index (χ3v) is 3.72. The van der Waals surface area contributed by atoms with E-state index in [1.807, 2.05) is 30.3 Å². The van der Waals surface area contributed by atoms with Crippen molar-refractivity contribution in [2.24, 2.45) is 0 Å². The van der Waals surface area contributed by atoms with Crippen molar-refractivity contribution in [1.82, 2.24) is 0 Å². The Hall–Kier alpha value is -2.33. The maximum Gasteiger partial charge on any atom is 0.154 e. The van der Waals surface area contributed by atoms with E-state index in [0.29, 0.717) is 19.0 Å². The summed E-state index contributed by atoms with van der Waals surface area (Å²) in [5.41, 5.74) is 1.83. The Kier molecular flexibility index (Phi) is 2.89. The van der Waals surface area contributed by atoms with Crippen molar-refractivity contribution in [3.05, 3.63) is 60.4 Å². The molecular weight excluding hydrogens is 269 g/mol. The molecule has 21 heavy (non-hydrogen) atoms. The smallest absolute Gasteiger partial charge is 0.154 e. The molecule has 0 aliphatic carbocycles. The highest BCUT2D eigenvalue weighted by atomic mass is 19.1. The van der Waals surface area contributed by atoms with Gasteiger partial charge in [0.15, 0.2) is 11.5 Å². The van der Waals surface area contributed by atoms with Crippen LogP contribution in [0.5, 0.6) is 11.5 Å². The summed E-state index contributed by atoms with van der Waals surface area (Å²) in [7, 11) is 0. The Morgan fingerprint density at radius 3 is 2.76 bits per heavy atom. The molecule has 0 saturated carbocycles. The van der Waals surface area contributed by atoms with E-state index in [-0.39, 0.29) is 11.9 Å². The quantitative estimate of drug-likeness (QED) is 0.738. The van der Waals surface area contributed by atoms with Gasteiger partial charge in [-0.2, -0.15) is 0 Å². The molecule has 4 heteroatoms. The topological polar surface area (TPSA) is 21.7 Å². The molecule has 1 atom stereocenters. The molecule has 0 N–H and O–H groups in total. The SMILES string of the molecule is Fc1ccc2c(c1)Oc1ccccc1N2[C@@H]1C=CCOC1. The molecular formula is C17H14FNO2. The fourth-order valence-electron chi connectivity index (χ4n) is 2.80. The van der Waals surface area contributed by atoms with Crippen LogP contribution in [0.4, 0.5) is 15.8 Å². The number of benzene rings is 2. The van der Waals surface area contributed by atoms with Gasteiger partial charge in [-0.25, -0.2) is 4.39 Å². The summed E-state index contributed by atoms with van der Waals surface area (Å²) < 4.78 is 24.9. The molecule has 106 valence electrons. The van der Waals surface area contributed by atoms with E-state index in [1.54, 1.807) is 6.07 Å². The van der Waals surface area contributed by atoms with Gasteiger partial charge in [-0.15, -0.1) is 0 Å². The van der Waals surface area contributed by atoms with Crippen LogP contribution < -0.4 is 9.64 Å². The fraction of sp³-hybridized carbons (Fsp3) is 0.176. The van der Waals surface area contributed by atoms with Gasteiger partial charge in [0.1, 0.15) is 5.82 Å². The molecule has 4 rings (SSSR count). The van der Waals surface area contributed by atoms with Crippen molar-refractivity contribution < 1.29 is 13.9 Å². The first-order chi connectivity index (χ1) is 10.3.